The van der Waals surface area contributed by atoms with Gasteiger partial charge in [0.15, 0.2) is 0 Å². The van der Waals surface area contributed by atoms with Crippen molar-refractivity contribution in [3.05, 3.63) is 29.3 Å². The molecule has 2 amide bonds. The van der Waals surface area contributed by atoms with E-state index >= 15 is 0 Å². The summed E-state index contributed by atoms with van der Waals surface area (Å²) in [7, 11) is 0. The number of amides is 2. The highest BCUT2D eigenvalue weighted by atomic mass is 16.5. The van der Waals surface area contributed by atoms with E-state index in [1.165, 1.54) is 17.5 Å². The lowest BCUT2D eigenvalue weighted by molar-refractivity contribution is -0.126. The van der Waals surface area contributed by atoms with Crippen LogP contribution in [0.5, 0.6) is 0 Å². The Labute approximate surface area is 142 Å². The Balaban J connectivity index is 1.38. The molecule has 2 saturated heterocycles. The van der Waals surface area contributed by atoms with Crippen molar-refractivity contribution in [2.24, 2.45) is 5.92 Å². The Kier molecular flexibility index (Phi) is 4.27. The summed E-state index contributed by atoms with van der Waals surface area (Å²) in [6, 6.07) is 6.29. The van der Waals surface area contributed by atoms with Gasteiger partial charge in [0, 0.05) is 31.8 Å². The van der Waals surface area contributed by atoms with E-state index in [2.05, 4.69) is 17.4 Å². The second-order valence-corrected chi connectivity index (χ2v) is 7.09. The first kappa shape index (κ1) is 15.6. The van der Waals surface area contributed by atoms with Crippen LogP contribution in [0, 0.1) is 5.92 Å². The summed E-state index contributed by atoms with van der Waals surface area (Å²) in [5, 5.41) is 2.96. The third-order valence-corrected chi connectivity index (χ3v) is 5.42. The summed E-state index contributed by atoms with van der Waals surface area (Å²) < 4.78 is 5.53. The van der Waals surface area contributed by atoms with E-state index in [0.29, 0.717) is 19.5 Å². The van der Waals surface area contributed by atoms with Gasteiger partial charge in [-0.05, 0) is 55.4 Å². The number of benzene rings is 1. The molecule has 1 aliphatic carbocycles. The van der Waals surface area contributed by atoms with Crippen LogP contribution in [0.4, 0.5) is 5.69 Å². The number of carbonyl (C=O) groups is 2. The first-order chi connectivity index (χ1) is 11.7. The van der Waals surface area contributed by atoms with Crippen LogP contribution >= 0.6 is 0 Å². The van der Waals surface area contributed by atoms with Crippen LogP contribution < -0.4 is 10.2 Å². The number of nitrogens with zero attached hydrogens (tertiary/aromatic N) is 1. The van der Waals surface area contributed by atoms with Crippen molar-refractivity contribution in [3.63, 3.8) is 0 Å². The standard InChI is InChI=1S/C19H24N2O3/c22-18-10-15(19(23)20-11-17-5-2-8-24-17)12-21(18)16-7-6-13-3-1-4-14(13)9-16/h6-7,9,15,17H,1-5,8,10-12H2,(H,20,23)/t15-,17-/m1/s1. The minimum Gasteiger partial charge on any atom is -0.376 e. The number of carbonyl (C=O) groups excluding carboxylic acids is 2. The predicted molar refractivity (Wildman–Crippen MR) is 90.9 cm³/mol. The maximum atomic E-state index is 12.4. The summed E-state index contributed by atoms with van der Waals surface area (Å²) in [6.07, 6.45) is 5.93. The van der Waals surface area contributed by atoms with Gasteiger partial charge in [0.1, 0.15) is 0 Å². The topological polar surface area (TPSA) is 58.6 Å². The number of hydrogen-bond acceptors (Lipinski definition) is 3. The van der Waals surface area contributed by atoms with E-state index in [1.807, 2.05) is 6.07 Å². The Morgan fingerprint density at radius 2 is 2.12 bits per heavy atom. The van der Waals surface area contributed by atoms with Gasteiger partial charge in [0.2, 0.25) is 11.8 Å². The molecule has 0 unspecified atom stereocenters. The molecule has 5 nitrogen and oxygen atoms in total. The fraction of sp³-hybridized carbons (Fsp3) is 0.579. The summed E-state index contributed by atoms with van der Waals surface area (Å²) in [6.45, 7) is 1.83. The lowest BCUT2D eigenvalue weighted by atomic mass is 10.1. The largest absolute Gasteiger partial charge is 0.376 e. The van der Waals surface area contributed by atoms with Crippen LogP contribution in [0.15, 0.2) is 18.2 Å². The van der Waals surface area contributed by atoms with Gasteiger partial charge in [-0.3, -0.25) is 9.59 Å². The second-order valence-electron chi connectivity index (χ2n) is 7.09. The number of ether oxygens (including phenoxy) is 1. The third-order valence-electron chi connectivity index (χ3n) is 5.42. The molecule has 2 atom stereocenters. The minimum absolute atomic E-state index is 0.0255. The first-order valence-corrected chi connectivity index (χ1v) is 9.02. The van der Waals surface area contributed by atoms with Gasteiger partial charge in [-0.25, -0.2) is 0 Å². The molecule has 4 rings (SSSR count). The van der Waals surface area contributed by atoms with Crippen LogP contribution in [-0.2, 0) is 27.2 Å². The van der Waals surface area contributed by atoms with E-state index in [-0.39, 0.29) is 23.8 Å². The summed E-state index contributed by atoms with van der Waals surface area (Å²) in [4.78, 5) is 26.5. The van der Waals surface area contributed by atoms with Crippen molar-refractivity contribution in [2.75, 3.05) is 24.6 Å². The van der Waals surface area contributed by atoms with Crippen molar-refractivity contribution >= 4 is 17.5 Å². The first-order valence-electron chi connectivity index (χ1n) is 9.02. The molecular weight excluding hydrogens is 304 g/mol. The van der Waals surface area contributed by atoms with Crippen molar-refractivity contribution in [3.8, 4) is 0 Å². The Morgan fingerprint density at radius 3 is 2.96 bits per heavy atom. The lowest BCUT2D eigenvalue weighted by Crippen LogP contribution is -2.37. The number of hydrogen-bond donors (Lipinski definition) is 1. The molecule has 0 spiro atoms. The van der Waals surface area contributed by atoms with Crippen molar-refractivity contribution in [1.82, 2.24) is 5.32 Å². The van der Waals surface area contributed by atoms with Gasteiger partial charge in [-0.15, -0.1) is 0 Å². The SMILES string of the molecule is O=C(NC[C@H]1CCCO1)[C@@H]1CC(=O)N(c2ccc3c(c2)CCC3)C1. The zero-order valence-corrected chi connectivity index (χ0v) is 13.9. The van der Waals surface area contributed by atoms with E-state index in [0.717, 1.165) is 38.0 Å². The zero-order chi connectivity index (χ0) is 16.5. The van der Waals surface area contributed by atoms with E-state index in [4.69, 9.17) is 4.74 Å². The zero-order valence-electron chi connectivity index (χ0n) is 13.9. The molecule has 0 bridgehead atoms. The molecular formula is C19H24N2O3. The maximum Gasteiger partial charge on any atom is 0.227 e. The molecule has 5 heteroatoms. The van der Waals surface area contributed by atoms with Crippen LogP contribution in [0.3, 0.4) is 0 Å². The van der Waals surface area contributed by atoms with E-state index in [9.17, 15) is 9.59 Å². The van der Waals surface area contributed by atoms with Crippen LogP contribution in [0.2, 0.25) is 0 Å². The number of rotatable bonds is 4. The molecule has 2 fully saturated rings. The van der Waals surface area contributed by atoms with E-state index in [1.54, 1.807) is 4.90 Å². The Bertz CT molecular complexity index is 652. The average Bonchev–Trinajstić information content (AvgIpc) is 3.32. The molecule has 0 radical (unpaired) electrons. The van der Waals surface area contributed by atoms with Gasteiger partial charge in [0.25, 0.3) is 0 Å². The molecule has 1 aromatic carbocycles. The van der Waals surface area contributed by atoms with Gasteiger partial charge in [-0.2, -0.15) is 0 Å². The highest BCUT2D eigenvalue weighted by Gasteiger charge is 2.35. The minimum atomic E-state index is -0.257. The molecule has 0 aromatic heterocycles. The van der Waals surface area contributed by atoms with Gasteiger partial charge in [0.05, 0.1) is 12.0 Å². The van der Waals surface area contributed by atoms with Crippen molar-refractivity contribution < 1.29 is 14.3 Å². The summed E-state index contributed by atoms with van der Waals surface area (Å²) >= 11 is 0. The molecule has 1 aromatic rings. The maximum absolute atomic E-state index is 12.4. The van der Waals surface area contributed by atoms with Gasteiger partial charge in [-0.1, -0.05) is 6.07 Å². The highest BCUT2D eigenvalue weighted by molar-refractivity contribution is 6.00. The number of fused-ring (bicyclic) bond motifs is 1. The van der Waals surface area contributed by atoms with Crippen molar-refractivity contribution in [2.45, 2.75) is 44.6 Å². The fourth-order valence-electron chi connectivity index (χ4n) is 4.02. The average molecular weight is 328 g/mol. The fourth-order valence-corrected chi connectivity index (χ4v) is 4.02. The molecule has 0 saturated carbocycles. The Morgan fingerprint density at radius 1 is 1.25 bits per heavy atom. The molecule has 24 heavy (non-hydrogen) atoms. The smallest absolute Gasteiger partial charge is 0.227 e. The quantitative estimate of drug-likeness (QED) is 0.917. The van der Waals surface area contributed by atoms with Crippen LogP contribution in [0.1, 0.15) is 36.8 Å². The molecule has 3 aliphatic rings. The molecule has 2 heterocycles. The second kappa shape index (κ2) is 6.55. The predicted octanol–water partition coefficient (Wildman–Crippen LogP) is 1.82. The van der Waals surface area contributed by atoms with Crippen LogP contribution in [-0.4, -0.2) is 37.6 Å². The summed E-state index contributed by atoms with van der Waals surface area (Å²) in [5.74, 6) is -0.236. The normalized spacial score (nSPS) is 26.0. The Hall–Kier alpha value is -1.88. The van der Waals surface area contributed by atoms with Gasteiger partial charge < -0.3 is 15.0 Å². The number of anilines is 1. The highest BCUT2D eigenvalue weighted by Crippen LogP contribution is 2.30. The lowest BCUT2D eigenvalue weighted by Gasteiger charge is -2.18. The molecule has 1 N–H and O–H groups in total. The van der Waals surface area contributed by atoms with Gasteiger partial charge >= 0.3 is 0 Å². The molecule has 128 valence electrons. The number of aryl methyl sites for hydroxylation is 2. The monoisotopic (exact) mass is 328 g/mol. The molecule has 2 aliphatic heterocycles. The van der Waals surface area contributed by atoms with Crippen LogP contribution in [0.25, 0.3) is 0 Å². The number of nitrogens with one attached hydrogen (secondary N) is 1. The van der Waals surface area contributed by atoms with Crippen molar-refractivity contribution in [1.29, 1.82) is 0 Å². The third kappa shape index (κ3) is 3.05. The van der Waals surface area contributed by atoms with E-state index < -0.39 is 0 Å². The summed E-state index contributed by atoms with van der Waals surface area (Å²) in [5.41, 5.74) is 3.69.